The van der Waals surface area contributed by atoms with E-state index < -0.39 is 0 Å². The van der Waals surface area contributed by atoms with Gasteiger partial charge < -0.3 is 14.5 Å². The normalized spacial score (nSPS) is 23.7. The first-order chi connectivity index (χ1) is 12.5. The predicted molar refractivity (Wildman–Crippen MR) is 98.2 cm³/mol. The molecule has 2 aliphatic rings. The highest BCUT2D eigenvalue weighted by Gasteiger charge is 2.42. The van der Waals surface area contributed by atoms with E-state index in [9.17, 15) is 9.59 Å². The van der Waals surface area contributed by atoms with Gasteiger partial charge in [0.1, 0.15) is 6.61 Å². The van der Waals surface area contributed by atoms with Gasteiger partial charge in [0, 0.05) is 50.4 Å². The summed E-state index contributed by atoms with van der Waals surface area (Å²) in [5, 5.41) is 0. The number of pyridine rings is 1. The number of nitrogens with zero attached hydrogens (tertiary/aromatic N) is 3. The molecule has 3 rings (SSSR count). The lowest BCUT2D eigenvalue weighted by molar-refractivity contribution is -0.146. The molecule has 2 fully saturated rings. The maximum absolute atomic E-state index is 12.5. The highest BCUT2D eigenvalue weighted by atomic mass is 16.5. The Bertz CT molecular complexity index is 634. The number of carbonyl (C=O) groups excluding carboxylic acids is 2. The van der Waals surface area contributed by atoms with Gasteiger partial charge in [0.2, 0.25) is 11.8 Å². The zero-order valence-electron chi connectivity index (χ0n) is 15.8. The van der Waals surface area contributed by atoms with Gasteiger partial charge in [-0.2, -0.15) is 0 Å². The van der Waals surface area contributed by atoms with Crippen molar-refractivity contribution in [3.05, 3.63) is 30.1 Å². The highest BCUT2D eigenvalue weighted by molar-refractivity contribution is 5.78. The van der Waals surface area contributed by atoms with Crippen LogP contribution in [0.5, 0.6) is 0 Å². The summed E-state index contributed by atoms with van der Waals surface area (Å²) in [6.45, 7) is 6.85. The van der Waals surface area contributed by atoms with Gasteiger partial charge in [0.15, 0.2) is 0 Å². The van der Waals surface area contributed by atoms with Gasteiger partial charge in [0.05, 0.1) is 6.10 Å². The fourth-order valence-corrected chi connectivity index (χ4v) is 4.04. The standard InChI is InChI=1S/C20H29N3O3/c1-16(2)26-13-19(25)22-10-4-7-20(14-22)8-6-18(24)23(15-20)12-17-5-3-9-21-11-17/h3,5,9,11,16H,4,6-8,10,12-15H2,1-2H3/t20-/m0/s1. The average molecular weight is 359 g/mol. The number of hydrogen-bond acceptors (Lipinski definition) is 4. The number of likely N-dealkylation sites (tertiary alicyclic amines) is 2. The lowest BCUT2D eigenvalue weighted by atomic mass is 9.73. The zero-order chi connectivity index (χ0) is 18.6. The highest BCUT2D eigenvalue weighted by Crippen LogP contribution is 2.39. The summed E-state index contributed by atoms with van der Waals surface area (Å²) in [4.78, 5) is 32.9. The minimum atomic E-state index is 0.0157. The second kappa shape index (κ2) is 8.16. The van der Waals surface area contributed by atoms with Crippen LogP contribution in [-0.4, -0.2) is 58.9 Å². The Hall–Kier alpha value is -1.95. The number of carbonyl (C=O) groups is 2. The summed E-state index contributed by atoms with van der Waals surface area (Å²) in [5.74, 6) is 0.263. The van der Waals surface area contributed by atoms with Crippen LogP contribution in [0.2, 0.25) is 0 Å². The smallest absolute Gasteiger partial charge is 0.248 e. The number of ether oxygens (including phenoxy) is 1. The molecule has 1 atom stereocenters. The molecule has 1 aromatic rings. The van der Waals surface area contributed by atoms with Crippen molar-refractivity contribution in [3.8, 4) is 0 Å². The van der Waals surface area contributed by atoms with Crippen molar-refractivity contribution in [2.45, 2.75) is 52.2 Å². The van der Waals surface area contributed by atoms with Crippen LogP contribution in [-0.2, 0) is 20.9 Å². The fourth-order valence-electron chi connectivity index (χ4n) is 4.04. The molecule has 3 heterocycles. The van der Waals surface area contributed by atoms with Gasteiger partial charge in [-0.15, -0.1) is 0 Å². The molecule has 26 heavy (non-hydrogen) atoms. The van der Waals surface area contributed by atoms with Gasteiger partial charge >= 0.3 is 0 Å². The maximum Gasteiger partial charge on any atom is 0.248 e. The van der Waals surface area contributed by atoms with Crippen molar-refractivity contribution in [1.29, 1.82) is 0 Å². The van der Waals surface area contributed by atoms with E-state index in [0.29, 0.717) is 13.0 Å². The minimum absolute atomic E-state index is 0.0157. The van der Waals surface area contributed by atoms with Crippen molar-refractivity contribution >= 4 is 11.8 Å². The third-order valence-corrected chi connectivity index (χ3v) is 5.40. The molecule has 0 N–H and O–H groups in total. The molecule has 6 nitrogen and oxygen atoms in total. The minimum Gasteiger partial charge on any atom is -0.369 e. The van der Waals surface area contributed by atoms with Gasteiger partial charge in [-0.1, -0.05) is 6.07 Å². The van der Waals surface area contributed by atoms with Gasteiger partial charge in [-0.05, 0) is 44.7 Å². The van der Waals surface area contributed by atoms with E-state index in [0.717, 1.165) is 44.5 Å². The molecule has 0 bridgehead atoms. The molecule has 142 valence electrons. The Kier molecular flexibility index (Phi) is 5.91. The van der Waals surface area contributed by atoms with Crippen molar-refractivity contribution in [1.82, 2.24) is 14.8 Å². The topological polar surface area (TPSA) is 62.7 Å². The third-order valence-electron chi connectivity index (χ3n) is 5.40. The Morgan fingerprint density at radius 3 is 2.92 bits per heavy atom. The second-order valence-electron chi connectivity index (χ2n) is 7.89. The van der Waals surface area contributed by atoms with Crippen LogP contribution in [0.1, 0.15) is 45.1 Å². The first-order valence-electron chi connectivity index (χ1n) is 9.53. The van der Waals surface area contributed by atoms with Crippen LogP contribution in [0.25, 0.3) is 0 Å². The molecule has 0 unspecified atom stereocenters. The first kappa shape index (κ1) is 18.8. The van der Waals surface area contributed by atoms with E-state index in [2.05, 4.69) is 4.98 Å². The lowest BCUT2D eigenvalue weighted by Gasteiger charge is -2.48. The van der Waals surface area contributed by atoms with Crippen molar-refractivity contribution in [2.75, 3.05) is 26.2 Å². The third kappa shape index (κ3) is 4.61. The van der Waals surface area contributed by atoms with E-state index in [1.165, 1.54) is 0 Å². The van der Waals surface area contributed by atoms with E-state index in [1.807, 2.05) is 42.0 Å². The Balaban J connectivity index is 1.64. The molecule has 1 spiro atoms. The molecule has 2 amide bonds. The molecular weight excluding hydrogens is 330 g/mol. The van der Waals surface area contributed by atoms with E-state index in [4.69, 9.17) is 4.74 Å². The van der Waals surface area contributed by atoms with Crippen LogP contribution >= 0.6 is 0 Å². The summed E-state index contributed by atoms with van der Waals surface area (Å²) < 4.78 is 5.49. The fraction of sp³-hybridized carbons (Fsp3) is 0.650. The molecule has 0 aliphatic carbocycles. The summed E-state index contributed by atoms with van der Waals surface area (Å²) in [6.07, 6.45) is 7.09. The van der Waals surface area contributed by atoms with Crippen LogP contribution < -0.4 is 0 Å². The summed E-state index contributed by atoms with van der Waals surface area (Å²) in [6, 6.07) is 3.90. The Labute approximate surface area is 155 Å². The second-order valence-corrected chi connectivity index (χ2v) is 7.89. The van der Waals surface area contributed by atoms with Crippen LogP contribution in [0, 0.1) is 5.41 Å². The van der Waals surface area contributed by atoms with Crippen molar-refractivity contribution < 1.29 is 14.3 Å². The molecule has 0 aromatic carbocycles. The maximum atomic E-state index is 12.5. The number of aromatic nitrogens is 1. The largest absolute Gasteiger partial charge is 0.369 e. The zero-order valence-corrected chi connectivity index (χ0v) is 15.8. The number of piperidine rings is 2. The summed E-state index contributed by atoms with van der Waals surface area (Å²) in [7, 11) is 0. The van der Waals surface area contributed by atoms with E-state index in [-0.39, 0.29) is 29.9 Å². The molecule has 0 radical (unpaired) electrons. The molecule has 6 heteroatoms. The van der Waals surface area contributed by atoms with E-state index in [1.54, 1.807) is 6.20 Å². The van der Waals surface area contributed by atoms with Crippen LogP contribution in [0.15, 0.2) is 24.5 Å². The number of rotatable bonds is 5. The predicted octanol–water partition coefficient (Wildman–Crippen LogP) is 2.24. The number of amides is 2. The quantitative estimate of drug-likeness (QED) is 0.809. The monoisotopic (exact) mass is 359 g/mol. The molecular formula is C20H29N3O3. The Morgan fingerprint density at radius 2 is 2.19 bits per heavy atom. The molecule has 2 aliphatic heterocycles. The Morgan fingerprint density at radius 1 is 1.35 bits per heavy atom. The van der Waals surface area contributed by atoms with E-state index >= 15 is 0 Å². The van der Waals surface area contributed by atoms with Gasteiger partial charge in [-0.3, -0.25) is 14.6 Å². The van der Waals surface area contributed by atoms with Gasteiger partial charge in [0.25, 0.3) is 0 Å². The first-order valence-corrected chi connectivity index (χ1v) is 9.53. The molecule has 1 aromatic heterocycles. The molecule has 2 saturated heterocycles. The van der Waals surface area contributed by atoms with Crippen molar-refractivity contribution in [3.63, 3.8) is 0 Å². The van der Waals surface area contributed by atoms with Crippen molar-refractivity contribution in [2.24, 2.45) is 5.41 Å². The SMILES string of the molecule is CC(C)OCC(=O)N1CCC[C@]2(CCC(=O)N(Cc3cccnc3)C2)C1. The summed E-state index contributed by atoms with van der Waals surface area (Å²) >= 11 is 0. The molecule has 0 saturated carbocycles. The lowest BCUT2D eigenvalue weighted by Crippen LogP contribution is -2.55. The number of hydrogen-bond donors (Lipinski definition) is 0. The van der Waals surface area contributed by atoms with Crippen LogP contribution in [0.4, 0.5) is 0 Å². The van der Waals surface area contributed by atoms with Crippen LogP contribution in [0.3, 0.4) is 0 Å². The average Bonchev–Trinajstić information content (AvgIpc) is 2.64. The van der Waals surface area contributed by atoms with Gasteiger partial charge in [-0.25, -0.2) is 0 Å². The summed E-state index contributed by atoms with van der Waals surface area (Å²) in [5.41, 5.74) is 1.06.